The summed E-state index contributed by atoms with van der Waals surface area (Å²) in [5, 5.41) is 3.02. The molecule has 2 saturated heterocycles. The van der Waals surface area contributed by atoms with Crippen LogP contribution in [-0.4, -0.2) is 44.8 Å². The molecule has 0 aliphatic carbocycles. The summed E-state index contributed by atoms with van der Waals surface area (Å²) in [5.41, 5.74) is 1.43. The van der Waals surface area contributed by atoms with Crippen LogP contribution < -0.4 is 5.32 Å². The number of halogens is 1. The van der Waals surface area contributed by atoms with Crippen LogP contribution in [0.3, 0.4) is 0 Å². The minimum Gasteiger partial charge on any atom is -0.348 e. The third-order valence-corrected chi connectivity index (χ3v) is 5.39. The van der Waals surface area contributed by atoms with E-state index in [9.17, 15) is 14.0 Å². The standard InChI is InChI=1S/C20H21FN4O2/c1-12-10-23-18(11-22-12)19(26)24-15-8-16-5-6-17(9-15)25(16)20(27)13-3-2-4-14(21)7-13/h2-4,7,10-11,15-17H,5-6,8-9H2,1H3,(H,24,26)/t15?,16-,17+. The Morgan fingerprint density at radius 2 is 1.89 bits per heavy atom. The van der Waals surface area contributed by atoms with Gasteiger partial charge in [0.05, 0.1) is 11.9 Å². The lowest BCUT2D eigenvalue weighted by molar-refractivity contribution is 0.0548. The van der Waals surface area contributed by atoms with E-state index in [1.165, 1.54) is 18.3 Å². The lowest BCUT2D eigenvalue weighted by Crippen LogP contribution is -2.52. The van der Waals surface area contributed by atoms with Gasteiger partial charge in [-0.25, -0.2) is 9.37 Å². The fourth-order valence-corrected chi connectivity index (χ4v) is 4.17. The number of hydrogen-bond acceptors (Lipinski definition) is 4. The summed E-state index contributed by atoms with van der Waals surface area (Å²) in [6.07, 6.45) is 6.25. The number of piperidine rings is 1. The molecule has 3 heterocycles. The van der Waals surface area contributed by atoms with Crippen LogP contribution in [0.4, 0.5) is 4.39 Å². The maximum Gasteiger partial charge on any atom is 0.271 e. The van der Waals surface area contributed by atoms with Crippen LogP contribution in [0.5, 0.6) is 0 Å². The van der Waals surface area contributed by atoms with Crippen molar-refractivity contribution in [2.75, 3.05) is 0 Å². The minimum absolute atomic E-state index is 0.00494. The van der Waals surface area contributed by atoms with Crippen LogP contribution in [-0.2, 0) is 0 Å². The van der Waals surface area contributed by atoms with Crippen LogP contribution in [0.2, 0.25) is 0 Å². The van der Waals surface area contributed by atoms with E-state index in [-0.39, 0.29) is 29.9 Å². The number of benzene rings is 1. The highest BCUT2D eigenvalue weighted by Gasteiger charge is 2.43. The summed E-state index contributed by atoms with van der Waals surface area (Å²) in [4.78, 5) is 35.3. The smallest absolute Gasteiger partial charge is 0.271 e. The Kier molecular flexibility index (Phi) is 4.59. The van der Waals surface area contributed by atoms with Crippen molar-refractivity contribution in [1.29, 1.82) is 0 Å². The monoisotopic (exact) mass is 368 g/mol. The van der Waals surface area contributed by atoms with E-state index in [1.54, 1.807) is 18.3 Å². The molecule has 2 fully saturated rings. The first-order chi connectivity index (χ1) is 13.0. The van der Waals surface area contributed by atoms with Crippen LogP contribution in [0.15, 0.2) is 36.7 Å². The van der Waals surface area contributed by atoms with Crippen LogP contribution in [0.25, 0.3) is 0 Å². The van der Waals surface area contributed by atoms with E-state index in [4.69, 9.17) is 0 Å². The third-order valence-electron chi connectivity index (χ3n) is 5.39. The maximum absolute atomic E-state index is 13.5. The van der Waals surface area contributed by atoms with Crippen molar-refractivity contribution in [1.82, 2.24) is 20.2 Å². The molecule has 1 unspecified atom stereocenters. The van der Waals surface area contributed by atoms with Gasteiger partial charge in [0.25, 0.3) is 11.8 Å². The molecule has 0 radical (unpaired) electrons. The second-order valence-electron chi connectivity index (χ2n) is 7.29. The molecular formula is C20H21FN4O2. The number of aromatic nitrogens is 2. The molecule has 6 nitrogen and oxygen atoms in total. The largest absolute Gasteiger partial charge is 0.348 e. The van der Waals surface area contributed by atoms with Gasteiger partial charge in [-0.3, -0.25) is 14.6 Å². The normalized spacial score (nSPS) is 23.9. The average molecular weight is 368 g/mol. The highest BCUT2D eigenvalue weighted by molar-refractivity contribution is 5.95. The number of carbonyl (C=O) groups excluding carboxylic acids is 2. The van der Waals surface area contributed by atoms with Crippen molar-refractivity contribution >= 4 is 11.8 Å². The topological polar surface area (TPSA) is 75.2 Å². The number of hydrogen-bond donors (Lipinski definition) is 1. The van der Waals surface area contributed by atoms with Crippen molar-refractivity contribution in [3.8, 4) is 0 Å². The Morgan fingerprint density at radius 1 is 1.15 bits per heavy atom. The van der Waals surface area contributed by atoms with E-state index in [0.717, 1.165) is 18.5 Å². The Morgan fingerprint density at radius 3 is 2.52 bits per heavy atom. The van der Waals surface area contributed by atoms with Gasteiger partial charge in [0.2, 0.25) is 0 Å². The molecule has 2 bridgehead atoms. The van der Waals surface area contributed by atoms with Crippen LogP contribution in [0, 0.1) is 12.7 Å². The van der Waals surface area contributed by atoms with Gasteiger partial charge in [-0.15, -0.1) is 0 Å². The molecule has 0 spiro atoms. The quantitative estimate of drug-likeness (QED) is 0.903. The highest BCUT2D eigenvalue weighted by Crippen LogP contribution is 2.37. The molecule has 2 amide bonds. The Balaban J connectivity index is 1.43. The van der Waals surface area contributed by atoms with Gasteiger partial charge >= 0.3 is 0 Å². The average Bonchev–Trinajstić information content (AvgIpc) is 2.92. The van der Waals surface area contributed by atoms with E-state index in [1.807, 2.05) is 11.8 Å². The molecule has 3 atom stereocenters. The third kappa shape index (κ3) is 3.54. The number of nitrogens with zero attached hydrogens (tertiary/aromatic N) is 3. The summed E-state index contributed by atoms with van der Waals surface area (Å²) in [7, 11) is 0. The molecule has 2 aromatic rings. The molecule has 1 aromatic carbocycles. The molecule has 1 N–H and O–H groups in total. The highest BCUT2D eigenvalue weighted by atomic mass is 19.1. The summed E-state index contributed by atoms with van der Waals surface area (Å²) in [6.45, 7) is 1.82. The summed E-state index contributed by atoms with van der Waals surface area (Å²) < 4.78 is 13.5. The SMILES string of the molecule is Cc1cnc(C(=O)NC2C[C@H]3CC[C@@H](C2)N3C(=O)c2cccc(F)c2)cn1. The molecule has 2 aliphatic heterocycles. The Labute approximate surface area is 156 Å². The summed E-state index contributed by atoms with van der Waals surface area (Å²) in [5.74, 6) is -0.775. The molecule has 7 heteroatoms. The lowest BCUT2D eigenvalue weighted by atomic mass is 9.96. The second kappa shape index (κ2) is 7.06. The number of fused-ring (bicyclic) bond motifs is 2. The number of carbonyl (C=O) groups is 2. The lowest BCUT2D eigenvalue weighted by Gasteiger charge is -2.39. The second-order valence-corrected chi connectivity index (χ2v) is 7.29. The predicted molar refractivity (Wildman–Crippen MR) is 96.6 cm³/mol. The number of aryl methyl sites for hydroxylation is 1. The van der Waals surface area contributed by atoms with Gasteiger partial charge in [0.1, 0.15) is 11.5 Å². The molecule has 1 aromatic heterocycles. The van der Waals surface area contributed by atoms with Crippen molar-refractivity contribution in [2.24, 2.45) is 0 Å². The number of rotatable bonds is 3. The fraction of sp³-hybridized carbons (Fsp3) is 0.400. The van der Waals surface area contributed by atoms with Gasteiger partial charge in [-0.1, -0.05) is 6.07 Å². The first kappa shape index (κ1) is 17.6. The first-order valence-corrected chi connectivity index (χ1v) is 9.19. The maximum atomic E-state index is 13.5. The predicted octanol–water partition coefficient (Wildman–Crippen LogP) is 2.49. The zero-order valence-corrected chi connectivity index (χ0v) is 15.1. The van der Waals surface area contributed by atoms with Crippen LogP contribution >= 0.6 is 0 Å². The van der Waals surface area contributed by atoms with Gasteiger partial charge in [-0.2, -0.15) is 0 Å². The fourth-order valence-electron chi connectivity index (χ4n) is 4.17. The van der Waals surface area contributed by atoms with Crippen molar-refractivity contribution < 1.29 is 14.0 Å². The number of amides is 2. The van der Waals surface area contributed by atoms with Crippen molar-refractivity contribution in [3.05, 3.63) is 59.4 Å². The Hall–Kier alpha value is -2.83. The number of nitrogens with one attached hydrogen (secondary N) is 1. The molecule has 4 rings (SSSR count). The molecule has 140 valence electrons. The van der Waals surface area contributed by atoms with Gasteiger partial charge < -0.3 is 10.2 Å². The van der Waals surface area contributed by atoms with Crippen molar-refractivity contribution in [2.45, 2.75) is 50.7 Å². The van der Waals surface area contributed by atoms with E-state index in [0.29, 0.717) is 24.1 Å². The molecular weight excluding hydrogens is 347 g/mol. The zero-order chi connectivity index (χ0) is 19.0. The summed E-state index contributed by atoms with van der Waals surface area (Å²) in [6, 6.07) is 5.94. The summed E-state index contributed by atoms with van der Waals surface area (Å²) >= 11 is 0. The first-order valence-electron chi connectivity index (χ1n) is 9.19. The van der Waals surface area contributed by atoms with E-state index in [2.05, 4.69) is 15.3 Å². The van der Waals surface area contributed by atoms with Crippen molar-refractivity contribution in [3.63, 3.8) is 0 Å². The molecule has 27 heavy (non-hydrogen) atoms. The zero-order valence-electron chi connectivity index (χ0n) is 15.1. The van der Waals surface area contributed by atoms with Gasteiger partial charge in [0.15, 0.2) is 0 Å². The molecule has 0 saturated carbocycles. The van der Waals surface area contributed by atoms with Gasteiger partial charge in [-0.05, 0) is 50.8 Å². The minimum atomic E-state index is -0.408. The Bertz CT molecular complexity index is 857. The van der Waals surface area contributed by atoms with Crippen LogP contribution in [0.1, 0.15) is 52.2 Å². The van der Waals surface area contributed by atoms with E-state index >= 15 is 0 Å². The van der Waals surface area contributed by atoms with E-state index < -0.39 is 5.82 Å². The van der Waals surface area contributed by atoms with Gasteiger partial charge in [0, 0.05) is 29.9 Å². The molecule has 2 aliphatic rings.